The second-order valence-corrected chi connectivity index (χ2v) is 8.13. The Morgan fingerprint density at radius 1 is 1.06 bits per heavy atom. The molecule has 7 heteroatoms. The average Bonchev–Trinajstić information content (AvgIpc) is 2.81. The number of H-pyrrole nitrogens is 1. The third-order valence-electron chi connectivity index (χ3n) is 6.10. The van der Waals surface area contributed by atoms with Crippen molar-refractivity contribution in [3.05, 3.63) is 63.2 Å². The van der Waals surface area contributed by atoms with Gasteiger partial charge in [0.05, 0.1) is 38.1 Å². The van der Waals surface area contributed by atoms with E-state index in [2.05, 4.69) is 28.2 Å². The van der Waals surface area contributed by atoms with Crippen LogP contribution in [0, 0.1) is 0 Å². The van der Waals surface area contributed by atoms with Crippen molar-refractivity contribution in [2.75, 3.05) is 20.8 Å². The van der Waals surface area contributed by atoms with E-state index < -0.39 is 0 Å². The molecule has 0 radical (unpaired) electrons. The highest BCUT2D eigenvalue weighted by Gasteiger charge is 2.17. The van der Waals surface area contributed by atoms with Crippen molar-refractivity contribution < 1.29 is 14.3 Å². The number of benzene rings is 2. The molecule has 0 fully saturated rings. The van der Waals surface area contributed by atoms with Gasteiger partial charge >= 0.3 is 0 Å². The summed E-state index contributed by atoms with van der Waals surface area (Å²) in [6.07, 6.45) is 5.01. The molecular formula is C25H29N3O4. The van der Waals surface area contributed by atoms with Crippen molar-refractivity contribution in [3.8, 4) is 11.5 Å². The molecule has 0 saturated carbocycles. The first-order valence-electron chi connectivity index (χ1n) is 11.1. The van der Waals surface area contributed by atoms with Gasteiger partial charge in [-0.2, -0.15) is 0 Å². The molecule has 0 aliphatic heterocycles. The van der Waals surface area contributed by atoms with Crippen molar-refractivity contribution in [1.29, 1.82) is 0 Å². The topological polar surface area (TPSA) is 84.5 Å². The van der Waals surface area contributed by atoms with Gasteiger partial charge in [0.15, 0.2) is 11.5 Å². The van der Waals surface area contributed by atoms with Gasteiger partial charge in [0.25, 0.3) is 5.56 Å². The Morgan fingerprint density at radius 3 is 2.50 bits per heavy atom. The molecule has 0 spiro atoms. The lowest BCUT2D eigenvalue weighted by Gasteiger charge is -2.21. The van der Waals surface area contributed by atoms with E-state index in [-0.39, 0.29) is 18.0 Å². The van der Waals surface area contributed by atoms with Gasteiger partial charge in [-0.15, -0.1) is 0 Å². The molecule has 3 aromatic rings. The lowest BCUT2D eigenvalue weighted by atomic mass is 9.90. The highest BCUT2D eigenvalue weighted by atomic mass is 16.5. The van der Waals surface area contributed by atoms with E-state index in [1.807, 2.05) is 6.92 Å². The van der Waals surface area contributed by atoms with Crippen LogP contribution in [0.1, 0.15) is 42.3 Å². The number of aromatic nitrogens is 2. The molecule has 1 amide bonds. The summed E-state index contributed by atoms with van der Waals surface area (Å²) < 4.78 is 10.6. The summed E-state index contributed by atoms with van der Waals surface area (Å²) >= 11 is 0. The standard InChI is InChI=1S/C25H29N3O4/c1-4-28(24(29)12-16-9-10-17-7-5-6-8-18(17)11-16)15-23-26-20-14-22(32-3)21(31-2)13-19(20)25(30)27-23/h9-11,13-14H,4-8,12,15H2,1-3H3,(H,26,27,30). The van der Waals surface area contributed by atoms with E-state index in [1.165, 1.54) is 38.2 Å². The number of ether oxygens (including phenoxy) is 2. The van der Waals surface area contributed by atoms with E-state index in [0.717, 1.165) is 18.4 Å². The first kappa shape index (κ1) is 21.9. The van der Waals surface area contributed by atoms with Crippen molar-refractivity contribution in [2.45, 2.75) is 45.6 Å². The number of aromatic amines is 1. The number of fused-ring (bicyclic) bond motifs is 2. The molecule has 2 aromatic carbocycles. The van der Waals surface area contributed by atoms with E-state index in [4.69, 9.17) is 9.47 Å². The van der Waals surface area contributed by atoms with Crippen LogP contribution in [-0.2, 0) is 30.6 Å². The summed E-state index contributed by atoms with van der Waals surface area (Å²) in [5, 5.41) is 0.412. The maximum Gasteiger partial charge on any atom is 0.258 e. The Hall–Kier alpha value is -3.35. The fourth-order valence-corrected chi connectivity index (χ4v) is 4.33. The van der Waals surface area contributed by atoms with Crippen LogP contribution < -0.4 is 15.0 Å². The van der Waals surface area contributed by atoms with Crippen molar-refractivity contribution in [1.82, 2.24) is 14.9 Å². The predicted molar refractivity (Wildman–Crippen MR) is 123 cm³/mol. The molecular weight excluding hydrogens is 406 g/mol. The third-order valence-corrected chi connectivity index (χ3v) is 6.10. The molecule has 1 heterocycles. The Morgan fingerprint density at radius 2 is 1.78 bits per heavy atom. The van der Waals surface area contributed by atoms with Gasteiger partial charge in [-0.3, -0.25) is 9.59 Å². The Kier molecular flexibility index (Phi) is 6.44. The van der Waals surface area contributed by atoms with E-state index in [1.54, 1.807) is 17.0 Å². The number of nitrogens with one attached hydrogen (secondary N) is 1. The van der Waals surface area contributed by atoms with Crippen LogP contribution >= 0.6 is 0 Å². The summed E-state index contributed by atoms with van der Waals surface area (Å²) in [6.45, 7) is 2.69. The zero-order chi connectivity index (χ0) is 22.7. The smallest absolute Gasteiger partial charge is 0.258 e. The quantitative estimate of drug-likeness (QED) is 0.615. The first-order chi connectivity index (χ1) is 15.5. The minimum atomic E-state index is -0.274. The van der Waals surface area contributed by atoms with E-state index in [9.17, 15) is 9.59 Å². The highest BCUT2D eigenvalue weighted by Crippen LogP contribution is 2.30. The zero-order valence-electron chi connectivity index (χ0n) is 18.9. The van der Waals surface area contributed by atoms with Gasteiger partial charge in [-0.1, -0.05) is 18.2 Å². The summed E-state index contributed by atoms with van der Waals surface area (Å²) in [6, 6.07) is 9.69. The second-order valence-electron chi connectivity index (χ2n) is 8.13. The minimum absolute atomic E-state index is 0.0123. The van der Waals surface area contributed by atoms with Crippen LogP contribution in [0.3, 0.4) is 0 Å². The lowest BCUT2D eigenvalue weighted by Crippen LogP contribution is -2.33. The number of carbonyl (C=O) groups excluding carboxylic acids is 1. The predicted octanol–water partition coefficient (Wildman–Crippen LogP) is 3.41. The number of methoxy groups -OCH3 is 2. The number of hydrogen-bond donors (Lipinski definition) is 1. The highest BCUT2D eigenvalue weighted by molar-refractivity contribution is 5.82. The Balaban J connectivity index is 1.55. The lowest BCUT2D eigenvalue weighted by molar-refractivity contribution is -0.131. The average molecular weight is 436 g/mol. The summed E-state index contributed by atoms with van der Waals surface area (Å²) in [5.74, 6) is 1.42. The van der Waals surface area contributed by atoms with Crippen molar-refractivity contribution in [2.24, 2.45) is 0 Å². The normalized spacial score (nSPS) is 13.0. The molecule has 1 aliphatic carbocycles. The fraction of sp³-hybridized carbons (Fsp3) is 0.400. The second kappa shape index (κ2) is 9.42. The Labute approximate surface area is 187 Å². The number of hydrogen-bond acceptors (Lipinski definition) is 5. The van der Waals surface area contributed by atoms with E-state index in [0.29, 0.717) is 41.2 Å². The number of nitrogens with zero attached hydrogens (tertiary/aromatic N) is 2. The largest absolute Gasteiger partial charge is 0.493 e. The van der Waals surface area contributed by atoms with Crippen LogP contribution in [0.25, 0.3) is 10.9 Å². The molecule has 7 nitrogen and oxygen atoms in total. The molecule has 4 rings (SSSR count). The van der Waals surface area contributed by atoms with Gasteiger partial charge in [0, 0.05) is 12.6 Å². The fourth-order valence-electron chi connectivity index (χ4n) is 4.33. The van der Waals surface area contributed by atoms with Crippen LogP contribution in [0.15, 0.2) is 35.1 Å². The first-order valence-corrected chi connectivity index (χ1v) is 11.1. The van der Waals surface area contributed by atoms with Gasteiger partial charge in [-0.25, -0.2) is 4.98 Å². The zero-order valence-corrected chi connectivity index (χ0v) is 18.9. The number of aryl methyl sites for hydroxylation is 2. The molecule has 1 aliphatic rings. The van der Waals surface area contributed by atoms with Crippen molar-refractivity contribution >= 4 is 16.8 Å². The Bertz CT molecular complexity index is 1200. The minimum Gasteiger partial charge on any atom is -0.493 e. The summed E-state index contributed by atoms with van der Waals surface area (Å²) in [7, 11) is 3.06. The number of amides is 1. The van der Waals surface area contributed by atoms with Crippen molar-refractivity contribution in [3.63, 3.8) is 0 Å². The molecule has 32 heavy (non-hydrogen) atoms. The van der Waals surface area contributed by atoms with Crippen LogP contribution in [0.2, 0.25) is 0 Å². The maximum atomic E-state index is 13.0. The van der Waals surface area contributed by atoms with Crippen LogP contribution in [-0.4, -0.2) is 41.5 Å². The van der Waals surface area contributed by atoms with Crippen LogP contribution in [0.4, 0.5) is 0 Å². The molecule has 0 unspecified atom stereocenters. The number of carbonyl (C=O) groups is 1. The number of likely N-dealkylation sites (N-methyl/N-ethyl adjacent to an activating group) is 1. The molecule has 0 bridgehead atoms. The van der Waals surface area contributed by atoms with Crippen LogP contribution in [0.5, 0.6) is 11.5 Å². The van der Waals surface area contributed by atoms with Gasteiger partial charge < -0.3 is 19.4 Å². The molecule has 168 valence electrons. The monoisotopic (exact) mass is 435 g/mol. The SMILES string of the molecule is CCN(Cc1nc2cc(OC)c(OC)cc2c(=O)[nH]1)C(=O)Cc1ccc2c(c1)CCCC2. The van der Waals surface area contributed by atoms with E-state index >= 15 is 0 Å². The molecule has 0 atom stereocenters. The van der Waals surface area contributed by atoms with Gasteiger partial charge in [0.1, 0.15) is 5.82 Å². The third kappa shape index (κ3) is 4.47. The molecule has 1 aromatic heterocycles. The van der Waals surface area contributed by atoms with Gasteiger partial charge in [0.2, 0.25) is 5.91 Å². The summed E-state index contributed by atoms with van der Waals surface area (Å²) in [4.78, 5) is 34.7. The molecule has 1 N–H and O–H groups in total. The maximum absolute atomic E-state index is 13.0. The number of rotatable bonds is 7. The molecule has 0 saturated heterocycles. The summed E-state index contributed by atoms with van der Waals surface area (Å²) in [5.41, 5.74) is 4.04. The van der Waals surface area contributed by atoms with Gasteiger partial charge in [-0.05, 0) is 55.4 Å².